The molecule has 5 N–H and O–H groups in total. The van der Waals surface area contributed by atoms with Gasteiger partial charge in [0.15, 0.2) is 0 Å². The Labute approximate surface area is 187 Å². The normalized spacial score (nSPS) is 15.8. The molecule has 0 saturated heterocycles. The summed E-state index contributed by atoms with van der Waals surface area (Å²) in [5, 5.41) is 8.06. The standard InChI is InChI=1S/C7H5F4N.C7H9N.C7H12O.C3H8O/c8-4-1-2-6(12)5(3-4)7(9,10)11;1-6-2-4-7(8)5-3-6;1-5(8)6-4-7(6,2)3;1-3(2)4/h1-3H,12H2;2-5H,8H2,1H3;6H,4H2,1-3H3;3-4H,1-2H3. The van der Waals surface area contributed by atoms with E-state index in [0.717, 1.165) is 24.2 Å². The van der Waals surface area contributed by atoms with Crippen LogP contribution in [0.3, 0.4) is 0 Å². The molecule has 1 unspecified atom stereocenters. The topological polar surface area (TPSA) is 89.3 Å². The van der Waals surface area contributed by atoms with Crippen molar-refractivity contribution in [3.8, 4) is 0 Å². The smallest absolute Gasteiger partial charge is 0.399 e. The van der Waals surface area contributed by atoms with E-state index >= 15 is 0 Å². The van der Waals surface area contributed by atoms with Crippen LogP contribution in [0.25, 0.3) is 0 Å². The number of carbonyl (C=O) groups is 1. The summed E-state index contributed by atoms with van der Waals surface area (Å²) in [6, 6.07) is 9.92. The molecule has 0 bridgehead atoms. The minimum Gasteiger partial charge on any atom is -0.399 e. The van der Waals surface area contributed by atoms with Gasteiger partial charge >= 0.3 is 6.18 Å². The summed E-state index contributed by atoms with van der Waals surface area (Å²) in [7, 11) is 0. The Morgan fingerprint density at radius 1 is 1.09 bits per heavy atom. The largest absolute Gasteiger partial charge is 0.418 e. The molecule has 0 spiro atoms. The number of halogens is 4. The van der Waals surface area contributed by atoms with Crippen LogP contribution >= 0.6 is 0 Å². The van der Waals surface area contributed by atoms with Crippen LogP contribution in [0.4, 0.5) is 28.9 Å². The average molecular weight is 459 g/mol. The molecule has 8 heteroatoms. The summed E-state index contributed by atoms with van der Waals surface area (Å²) in [6.07, 6.45) is -3.66. The number of nitrogens with two attached hydrogens (primary N) is 2. The van der Waals surface area contributed by atoms with Gasteiger partial charge in [-0.05, 0) is 69.9 Å². The van der Waals surface area contributed by atoms with Crippen LogP contribution in [0.1, 0.15) is 52.2 Å². The number of rotatable bonds is 1. The number of Topliss-reactive ketones (excluding diaryl/α,β-unsaturated/α-hetero) is 1. The van der Waals surface area contributed by atoms with Gasteiger partial charge < -0.3 is 16.6 Å². The second kappa shape index (κ2) is 12.4. The van der Waals surface area contributed by atoms with Crippen LogP contribution in [0.2, 0.25) is 0 Å². The molecule has 0 heterocycles. The van der Waals surface area contributed by atoms with E-state index in [1.165, 1.54) is 5.56 Å². The van der Waals surface area contributed by atoms with Gasteiger partial charge in [0.05, 0.1) is 5.56 Å². The van der Waals surface area contributed by atoms with Crippen molar-refractivity contribution < 1.29 is 27.5 Å². The number of anilines is 2. The molecule has 0 aromatic heterocycles. The molecule has 1 aliphatic rings. The first kappa shape index (κ1) is 29.4. The third kappa shape index (κ3) is 12.3. The van der Waals surface area contributed by atoms with Gasteiger partial charge in [-0.15, -0.1) is 0 Å². The maximum absolute atomic E-state index is 12.3. The highest BCUT2D eigenvalue weighted by atomic mass is 19.4. The summed E-state index contributed by atoms with van der Waals surface area (Å²) in [6.45, 7) is 11.4. The summed E-state index contributed by atoms with van der Waals surface area (Å²) >= 11 is 0. The van der Waals surface area contributed by atoms with Gasteiger partial charge in [0.2, 0.25) is 0 Å². The fourth-order valence-electron chi connectivity index (χ4n) is 2.50. The predicted octanol–water partition coefficient (Wildman–Crippen LogP) is 6.01. The molecule has 1 atom stereocenters. The van der Waals surface area contributed by atoms with Crippen LogP contribution in [-0.4, -0.2) is 17.0 Å². The molecule has 0 amide bonds. The van der Waals surface area contributed by atoms with E-state index in [-0.39, 0.29) is 6.10 Å². The number of ketones is 1. The Morgan fingerprint density at radius 2 is 1.53 bits per heavy atom. The lowest BCUT2D eigenvalue weighted by Crippen LogP contribution is -2.09. The number of alkyl halides is 3. The third-order valence-electron chi connectivity index (χ3n) is 4.40. The van der Waals surface area contributed by atoms with Crippen LogP contribution in [-0.2, 0) is 11.0 Å². The SMILES string of the molecule is CC(=O)C1CC1(C)C.CC(C)O.Cc1ccc(N)cc1.Nc1ccc(F)cc1C(F)(F)F. The number of hydrogen-bond donors (Lipinski definition) is 3. The average Bonchev–Trinajstić information content (AvgIpc) is 3.28. The zero-order chi connectivity index (χ0) is 25.3. The number of hydrogen-bond acceptors (Lipinski definition) is 4. The molecule has 2 aromatic carbocycles. The minimum absolute atomic E-state index is 0.167. The molecule has 1 fully saturated rings. The molecule has 1 aliphatic carbocycles. The fraction of sp³-hybridized carbons (Fsp3) is 0.458. The first-order valence-corrected chi connectivity index (χ1v) is 10.1. The lowest BCUT2D eigenvalue weighted by Gasteiger charge is -2.08. The van der Waals surface area contributed by atoms with Crippen molar-refractivity contribution in [1.82, 2.24) is 0 Å². The summed E-state index contributed by atoms with van der Waals surface area (Å²) in [5.41, 5.74) is 11.2. The monoisotopic (exact) mass is 458 g/mol. The first-order chi connectivity index (χ1) is 14.5. The van der Waals surface area contributed by atoms with Crippen LogP contribution in [0, 0.1) is 24.1 Å². The van der Waals surface area contributed by atoms with Crippen molar-refractivity contribution in [3.63, 3.8) is 0 Å². The Bertz CT molecular complexity index is 824. The molecule has 1 saturated carbocycles. The number of aliphatic hydroxyl groups is 1. The quantitative estimate of drug-likeness (QED) is 0.360. The van der Waals surface area contributed by atoms with Gasteiger partial charge in [-0.3, -0.25) is 4.79 Å². The van der Waals surface area contributed by atoms with Gasteiger partial charge in [-0.2, -0.15) is 13.2 Å². The lowest BCUT2D eigenvalue weighted by molar-refractivity contribution is -0.137. The number of carbonyl (C=O) groups excluding carboxylic acids is 1. The van der Waals surface area contributed by atoms with Crippen molar-refractivity contribution in [2.75, 3.05) is 11.5 Å². The lowest BCUT2D eigenvalue weighted by atomic mass is 10.1. The summed E-state index contributed by atoms with van der Waals surface area (Å²) < 4.78 is 48.3. The number of aryl methyl sites for hydroxylation is 1. The van der Waals surface area contributed by atoms with Crippen molar-refractivity contribution in [1.29, 1.82) is 0 Å². The Balaban J connectivity index is 0.000000426. The highest BCUT2D eigenvalue weighted by Gasteiger charge is 2.48. The first-order valence-electron chi connectivity index (χ1n) is 10.1. The van der Waals surface area contributed by atoms with Crippen LogP contribution in [0.15, 0.2) is 42.5 Å². The predicted molar refractivity (Wildman–Crippen MR) is 121 cm³/mol. The molecule has 3 rings (SSSR count). The van der Waals surface area contributed by atoms with Gasteiger partial charge in [-0.25, -0.2) is 4.39 Å². The van der Waals surface area contributed by atoms with Crippen molar-refractivity contribution >= 4 is 17.2 Å². The third-order valence-corrected chi connectivity index (χ3v) is 4.40. The van der Waals surface area contributed by atoms with Gasteiger partial charge in [0.25, 0.3) is 0 Å². The molecule has 32 heavy (non-hydrogen) atoms. The Kier molecular flexibility index (Phi) is 11.4. The van der Waals surface area contributed by atoms with Crippen molar-refractivity contribution in [3.05, 3.63) is 59.4 Å². The van der Waals surface area contributed by atoms with Crippen LogP contribution < -0.4 is 11.5 Å². The van der Waals surface area contributed by atoms with E-state index < -0.39 is 23.2 Å². The highest BCUT2D eigenvalue weighted by Crippen LogP contribution is 2.51. The van der Waals surface area contributed by atoms with Gasteiger partial charge in [0, 0.05) is 23.4 Å². The molecule has 0 aliphatic heterocycles. The maximum Gasteiger partial charge on any atom is 0.418 e. The molecular formula is C24H34F4N2O2. The zero-order valence-corrected chi connectivity index (χ0v) is 19.4. The molecule has 0 radical (unpaired) electrons. The van der Waals surface area contributed by atoms with Crippen molar-refractivity contribution in [2.24, 2.45) is 11.3 Å². The highest BCUT2D eigenvalue weighted by molar-refractivity contribution is 5.81. The molecule has 180 valence electrons. The second-order valence-corrected chi connectivity index (χ2v) is 8.59. The summed E-state index contributed by atoms with van der Waals surface area (Å²) in [5.74, 6) is -0.214. The van der Waals surface area contributed by atoms with E-state index in [0.29, 0.717) is 23.2 Å². The zero-order valence-electron chi connectivity index (χ0n) is 19.4. The maximum atomic E-state index is 12.3. The van der Waals surface area contributed by atoms with Gasteiger partial charge in [0.1, 0.15) is 11.6 Å². The van der Waals surface area contributed by atoms with Gasteiger partial charge in [-0.1, -0.05) is 31.5 Å². The van der Waals surface area contributed by atoms with E-state index in [9.17, 15) is 22.4 Å². The number of benzene rings is 2. The van der Waals surface area contributed by atoms with Crippen LogP contribution in [0.5, 0.6) is 0 Å². The molecule has 4 nitrogen and oxygen atoms in total. The van der Waals surface area contributed by atoms with Crippen molar-refractivity contribution in [2.45, 2.75) is 60.2 Å². The number of nitrogen functional groups attached to an aromatic ring is 2. The second-order valence-electron chi connectivity index (χ2n) is 8.59. The molecule has 2 aromatic rings. The number of aliphatic hydroxyl groups excluding tert-OH is 1. The van der Waals surface area contributed by atoms with E-state index in [1.54, 1.807) is 20.8 Å². The molecular weight excluding hydrogens is 424 g/mol. The summed E-state index contributed by atoms with van der Waals surface area (Å²) in [4.78, 5) is 10.6. The van der Waals surface area contributed by atoms with E-state index in [1.807, 2.05) is 31.2 Å². The van der Waals surface area contributed by atoms with E-state index in [4.69, 9.17) is 16.6 Å². The Hall–Kier alpha value is -2.61. The fourth-order valence-corrected chi connectivity index (χ4v) is 2.50. The minimum atomic E-state index is -4.59. The van der Waals surface area contributed by atoms with E-state index in [2.05, 4.69) is 13.8 Å². The Morgan fingerprint density at radius 3 is 1.78 bits per heavy atom.